The SMILES string of the molecule is CCOC1(c2noc(CC(CC)CN)n2)CCCC1. The third-order valence-electron chi connectivity index (χ3n) is 4.08. The highest BCUT2D eigenvalue weighted by molar-refractivity contribution is 5.04. The van der Waals surface area contributed by atoms with Gasteiger partial charge in [0.15, 0.2) is 0 Å². The Bertz CT molecular complexity index is 382. The number of hydrogen-bond donors (Lipinski definition) is 1. The zero-order valence-electron chi connectivity index (χ0n) is 12.0. The first-order valence-corrected chi connectivity index (χ1v) is 7.41. The second kappa shape index (κ2) is 6.48. The third-order valence-corrected chi connectivity index (χ3v) is 4.08. The second-order valence-corrected chi connectivity index (χ2v) is 5.36. The van der Waals surface area contributed by atoms with Crippen molar-refractivity contribution in [2.24, 2.45) is 11.7 Å². The molecule has 2 N–H and O–H groups in total. The summed E-state index contributed by atoms with van der Waals surface area (Å²) >= 11 is 0. The standard InChI is InChI=1S/C14H25N3O2/c1-3-11(10-15)9-12-16-13(17-19-12)14(18-4-2)7-5-6-8-14/h11H,3-10,15H2,1-2H3. The fraction of sp³-hybridized carbons (Fsp3) is 0.857. The van der Waals surface area contributed by atoms with E-state index < -0.39 is 0 Å². The first-order valence-electron chi connectivity index (χ1n) is 7.41. The molecular weight excluding hydrogens is 242 g/mol. The molecule has 0 saturated heterocycles. The molecule has 1 fully saturated rings. The molecule has 1 heterocycles. The molecule has 0 radical (unpaired) electrons. The zero-order chi connectivity index (χ0) is 13.7. The van der Waals surface area contributed by atoms with Gasteiger partial charge < -0.3 is 15.0 Å². The first kappa shape index (κ1) is 14.5. The summed E-state index contributed by atoms with van der Waals surface area (Å²) in [7, 11) is 0. The predicted octanol–water partition coefficient (Wildman–Crippen LogP) is 2.40. The van der Waals surface area contributed by atoms with Gasteiger partial charge in [-0.25, -0.2) is 0 Å². The van der Waals surface area contributed by atoms with Crippen LogP contribution in [-0.4, -0.2) is 23.3 Å². The summed E-state index contributed by atoms with van der Waals surface area (Å²) in [5.41, 5.74) is 5.41. The lowest BCUT2D eigenvalue weighted by atomic mass is 10.0. The Kier molecular flexibility index (Phi) is 4.93. The Labute approximate surface area is 114 Å². The smallest absolute Gasteiger partial charge is 0.227 e. The van der Waals surface area contributed by atoms with E-state index in [4.69, 9.17) is 15.0 Å². The minimum absolute atomic E-state index is 0.305. The monoisotopic (exact) mass is 267 g/mol. The van der Waals surface area contributed by atoms with E-state index in [0.29, 0.717) is 25.0 Å². The van der Waals surface area contributed by atoms with Crippen molar-refractivity contribution in [2.45, 2.75) is 58.0 Å². The van der Waals surface area contributed by atoms with Crippen LogP contribution in [-0.2, 0) is 16.8 Å². The minimum atomic E-state index is -0.305. The fourth-order valence-corrected chi connectivity index (χ4v) is 2.82. The van der Waals surface area contributed by atoms with Gasteiger partial charge in [-0.15, -0.1) is 0 Å². The normalized spacial score (nSPS) is 19.7. The van der Waals surface area contributed by atoms with Crippen LogP contribution in [0.1, 0.15) is 57.7 Å². The van der Waals surface area contributed by atoms with Gasteiger partial charge in [-0.3, -0.25) is 0 Å². The van der Waals surface area contributed by atoms with E-state index in [2.05, 4.69) is 17.1 Å². The van der Waals surface area contributed by atoms with Gasteiger partial charge >= 0.3 is 0 Å². The summed E-state index contributed by atoms with van der Waals surface area (Å²) in [4.78, 5) is 4.56. The van der Waals surface area contributed by atoms with Crippen molar-refractivity contribution in [2.75, 3.05) is 13.2 Å². The molecule has 0 aromatic carbocycles. The van der Waals surface area contributed by atoms with E-state index in [1.807, 2.05) is 6.92 Å². The number of nitrogens with two attached hydrogens (primary N) is 1. The molecule has 108 valence electrons. The van der Waals surface area contributed by atoms with Crippen molar-refractivity contribution >= 4 is 0 Å². The Morgan fingerprint density at radius 2 is 2.11 bits per heavy atom. The molecule has 5 nitrogen and oxygen atoms in total. The molecule has 1 atom stereocenters. The van der Waals surface area contributed by atoms with Gasteiger partial charge in [-0.05, 0) is 45.1 Å². The predicted molar refractivity (Wildman–Crippen MR) is 72.6 cm³/mol. The molecule has 1 aliphatic rings. The van der Waals surface area contributed by atoms with Crippen molar-refractivity contribution in [1.29, 1.82) is 0 Å². The maximum atomic E-state index is 5.94. The van der Waals surface area contributed by atoms with Gasteiger partial charge in [0.25, 0.3) is 0 Å². The van der Waals surface area contributed by atoms with Gasteiger partial charge in [-0.1, -0.05) is 18.5 Å². The van der Waals surface area contributed by atoms with Gasteiger partial charge in [0.2, 0.25) is 11.7 Å². The van der Waals surface area contributed by atoms with Crippen molar-refractivity contribution in [3.8, 4) is 0 Å². The van der Waals surface area contributed by atoms with Crippen LogP contribution in [0.5, 0.6) is 0 Å². The number of hydrogen-bond acceptors (Lipinski definition) is 5. The lowest BCUT2D eigenvalue weighted by molar-refractivity contribution is -0.0469. The van der Waals surface area contributed by atoms with Crippen LogP contribution in [0.4, 0.5) is 0 Å². The average molecular weight is 267 g/mol. The maximum absolute atomic E-state index is 5.94. The average Bonchev–Trinajstić information content (AvgIpc) is 3.06. The van der Waals surface area contributed by atoms with Crippen LogP contribution in [0.3, 0.4) is 0 Å². The lowest BCUT2D eigenvalue weighted by Gasteiger charge is -2.24. The molecule has 19 heavy (non-hydrogen) atoms. The van der Waals surface area contributed by atoms with Gasteiger partial charge in [0, 0.05) is 13.0 Å². The number of rotatable bonds is 7. The highest BCUT2D eigenvalue weighted by atomic mass is 16.5. The van der Waals surface area contributed by atoms with Crippen LogP contribution in [0.15, 0.2) is 4.52 Å². The van der Waals surface area contributed by atoms with Gasteiger partial charge in [-0.2, -0.15) is 4.98 Å². The Hall–Kier alpha value is -0.940. The Morgan fingerprint density at radius 1 is 1.37 bits per heavy atom. The Balaban J connectivity index is 2.10. The largest absolute Gasteiger partial charge is 0.367 e. The molecule has 0 spiro atoms. The van der Waals surface area contributed by atoms with E-state index in [9.17, 15) is 0 Å². The van der Waals surface area contributed by atoms with E-state index in [0.717, 1.165) is 31.5 Å². The first-order chi connectivity index (χ1) is 9.24. The number of ether oxygens (including phenoxy) is 1. The highest BCUT2D eigenvalue weighted by Gasteiger charge is 2.40. The molecule has 1 saturated carbocycles. The molecule has 2 rings (SSSR count). The zero-order valence-corrected chi connectivity index (χ0v) is 12.0. The number of nitrogens with zero attached hydrogens (tertiary/aromatic N) is 2. The van der Waals surface area contributed by atoms with E-state index in [-0.39, 0.29) is 5.60 Å². The number of aromatic nitrogens is 2. The van der Waals surface area contributed by atoms with Crippen molar-refractivity contribution in [1.82, 2.24) is 10.1 Å². The van der Waals surface area contributed by atoms with Crippen LogP contribution in [0, 0.1) is 5.92 Å². The molecule has 0 aliphatic heterocycles. The molecule has 1 aromatic heterocycles. The lowest BCUT2D eigenvalue weighted by Crippen LogP contribution is -2.27. The topological polar surface area (TPSA) is 74.2 Å². The van der Waals surface area contributed by atoms with Crippen molar-refractivity contribution in [3.05, 3.63) is 11.7 Å². The van der Waals surface area contributed by atoms with Gasteiger partial charge in [0.1, 0.15) is 5.60 Å². The van der Waals surface area contributed by atoms with E-state index in [1.54, 1.807) is 0 Å². The summed E-state index contributed by atoms with van der Waals surface area (Å²) < 4.78 is 11.3. The molecule has 0 bridgehead atoms. The fourth-order valence-electron chi connectivity index (χ4n) is 2.82. The van der Waals surface area contributed by atoms with Crippen molar-refractivity contribution < 1.29 is 9.26 Å². The summed E-state index contributed by atoms with van der Waals surface area (Å²) in [6.07, 6.45) is 6.13. The molecule has 0 amide bonds. The van der Waals surface area contributed by atoms with Crippen LogP contribution < -0.4 is 5.73 Å². The molecular formula is C14H25N3O2. The molecule has 5 heteroatoms. The molecule has 1 aliphatic carbocycles. The second-order valence-electron chi connectivity index (χ2n) is 5.36. The summed E-state index contributed by atoms with van der Waals surface area (Å²) in [6, 6.07) is 0. The summed E-state index contributed by atoms with van der Waals surface area (Å²) in [6.45, 7) is 5.49. The summed E-state index contributed by atoms with van der Waals surface area (Å²) in [5, 5.41) is 4.16. The quantitative estimate of drug-likeness (QED) is 0.821. The molecule has 1 aromatic rings. The van der Waals surface area contributed by atoms with Crippen molar-refractivity contribution in [3.63, 3.8) is 0 Å². The van der Waals surface area contributed by atoms with Crippen LogP contribution in [0.2, 0.25) is 0 Å². The summed E-state index contributed by atoms with van der Waals surface area (Å²) in [5.74, 6) is 1.84. The highest BCUT2D eigenvalue weighted by Crippen LogP contribution is 2.40. The minimum Gasteiger partial charge on any atom is -0.367 e. The van der Waals surface area contributed by atoms with Crippen LogP contribution in [0.25, 0.3) is 0 Å². The third kappa shape index (κ3) is 3.15. The van der Waals surface area contributed by atoms with E-state index >= 15 is 0 Å². The maximum Gasteiger partial charge on any atom is 0.227 e. The van der Waals surface area contributed by atoms with Crippen LogP contribution >= 0.6 is 0 Å². The van der Waals surface area contributed by atoms with E-state index in [1.165, 1.54) is 12.8 Å². The molecule has 1 unspecified atom stereocenters. The Morgan fingerprint density at radius 3 is 2.68 bits per heavy atom. The van der Waals surface area contributed by atoms with Gasteiger partial charge in [0.05, 0.1) is 0 Å².